The molecule has 0 aliphatic rings. The predicted molar refractivity (Wildman–Crippen MR) is 33.5 cm³/mol. The molecule has 0 atom stereocenters. The van der Waals surface area contributed by atoms with Gasteiger partial charge >= 0.3 is 0 Å². The Morgan fingerprint density at radius 2 is 2.50 bits per heavy atom. The minimum Gasteiger partial charge on any atom is -0.388 e. The lowest BCUT2D eigenvalue weighted by Gasteiger charge is -1.76. The van der Waals surface area contributed by atoms with E-state index in [0.29, 0.717) is 9.74 Å². The zero-order chi connectivity index (χ0) is 5.98. The molecule has 0 radical (unpaired) electrons. The van der Waals surface area contributed by atoms with E-state index < -0.39 is 0 Å². The molecule has 1 N–H and O–H groups in total. The van der Waals surface area contributed by atoms with Crippen LogP contribution in [0.2, 0.25) is 0 Å². The van der Waals surface area contributed by atoms with Crippen molar-refractivity contribution in [3.05, 3.63) is 9.74 Å². The third-order valence-corrected chi connectivity index (χ3v) is 1.74. The summed E-state index contributed by atoms with van der Waals surface area (Å²) in [6.07, 6.45) is 0. The topological polar surface area (TPSA) is 46.0 Å². The highest BCUT2D eigenvalue weighted by molar-refractivity contribution is 9.11. The molecule has 8 heavy (non-hydrogen) atoms. The van der Waals surface area contributed by atoms with Gasteiger partial charge in [-0.3, -0.25) is 0 Å². The molecule has 0 bridgehead atoms. The standard InChI is InChI=1S/C3H3BrN2OS/c4-3-5-2(1-7)6-8-3/h7H,1H2. The summed E-state index contributed by atoms with van der Waals surface area (Å²) < 4.78 is 4.48. The number of hydrogen-bond acceptors (Lipinski definition) is 4. The van der Waals surface area contributed by atoms with E-state index >= 15 is 0 Å². The molecule has 44 valence electrons. The predicted octanol–water partition coefficient (Wildman–Crippen LogP) is 0.793. The molecule has 0 aliphatic carbocycles. The molecule has 0 amide bonds. The van der Waals surface area contributed by atoms with Gasteiger partial charge in [0.05, 0.1) is 0 Å². The van der Waals surface area contributed by atoms with Crippen molar-refractivity contribution in [2.45, 2.75) is 6.61 Å². The molecule has 0 unspecified atom stereocenters. The lowest BCUT2D eigenvalue weighted by Crippen LogP contribution is -1.82. The smallest absolute Gasteiger partial charge is 0.179 e. The van der Waals surface area contributed by atoms with E-state index in [1.165, 1.54) is 11.5 Å². The SMILES string of the molecule is OCc1nsc(Br)n1. The summed E-state index contributed by atoms with van der Waals surface area (Å²) >= 11 is 4.33. The highest BCUT2D eigenvalue weighted by atomic mass is 79.9. The first kappa shape index (κ1) is 6.12. The summed E-state index contributed by atoms with van der Waals surface area (Å²) in [5.41, 5.74) is 0. The highest BCUT2D eigenvalue weighted by Crippen LogP contribution is 2.10. The van der Waals surface area contributed by atoms with Gasteiger partial charge in [0.25, 0.3) is 0 Å². The highest BCUT2D eigenvalue weighted by Gasteiger charge is 1.95. The van der Waals surface area contributed by atoms with Gasteiger partial charge in [-0.2, -0.15) is 4.37 Å². The number of nitrogens with zero attached hydrogens (tertiary/aromatic N) is 2. The maximum absolute atomic E-state index is 8.41. The summed E-state index contributed by atoms with van der Waals surface area (Å²) in [4.78, 5) is 3.80. The Kier molecular flexibility index (Phi) is 1.93. The van der Waals surface area contributed by atoms with Crippen LogP contribution in [0.1, 0.15) is 5.82 Å². The van der Waals surface area contributed by atoms with Crippen molar-refractivity contribution in [3.8, 4) is 0 Å². The van der Waals surface area contributed by atoms with E-state index in [0.717, 1.165) is 0 Å². The number of aliphatic hydroxyl groups is 1. The Labute approximate surface area is 58.7 Å². The van der Waals surface area contributed by atoms with Crippen molar-refractivity contribution in [2.24, 2.45) is 0 Å². The maximum atomic E-state index is 8.41. The molecule has 5 heteroatoms. The van der Waals surface area contributed by atoms with E-state index in [1.54, 1.807) is 0 Å². The molecular formula is C3H3BrN2OS. The Hall–Kier alpha value is -0.0000000000000000555. The van der Waals surface area contributed by atoms with Crippen LogP contribution in [0.15, 0.2) is 3.92 Å². The second kappa shape index (κ2) is 2.52. The Bertz CT molecular complexity index is 178. The molecule has 3 nitrogen and oxygen atoms in total. The van der Waals surface area contributed by atoms with Gasteiger partial charge in [-0.1, -0.05) is 0 Å². The van der Waals surface area contributed by atoms with E-state index in [2.05, 4.69) is 25.3 Å². The van der Waals surface area contributed by atoms with E-state index in [-0.39, 0.29) is 6.61 Å². The molecule has 0 saturated carbocycles. The van der Waals surface area contributed by atoms with Crippen molar-refractivity contribution in [2.75, 3.05) is 0 Å². The summed E-state index contributed by atoms with van der Waals surface area (Å²) in [7, 11) is 0. The zero-order valence-electron chi connectivity index (χ0n) is 3.83. The van der Waals surface area contributed by atoms with Crippen LogP contribution in [0.3, 0.4) is 0 Å². The average molecular weight is 195 g/mol. The van der Waals surface area contributed by atoms with Crippen molar-refractivity contribution >= 4 is 27.5 Å². The summed E-state index contributed by atoms with van der Waals surface area (Å²) in [5.74, 6) is 0.474. The van der Waals surface area contributed by atoms with Crippen molar-refractivity contribution in [3.63, 3.8) is 0 Å². The van der Waals surface area contributed by atoms with Crippen LogP contribution in [-0.4, -0.2) is 14.5 Å². The average Bonchev–Trinajstić information content (AvgIpc) is 2.14. The van der Waals surface area contributed by atoms with Gasteiger partial charge in [-0.25, -0.2) is 4.98 Å². The fraction of sp³-hybridized carbons (Fsp3) is 0.333. The molecule has 0 saturated heterocycles. The normalized spacial score (nSPS) is 9.75. The minimum atomic E-state index is -0.0813. The molecule has 0 aromatic carbocycles. The summed E-state index contributed by atoms with van der Waals surface area (Å²) in [5, 5.41) is 8.41. The van der Waals surface area contributed by atoms with Gasteiger partial charge in [0, 0.05) is 0 Å². The van der Waals surface area contributed by atoms with Gasteiger partial charge < -0.3 is 5.11 Å². The molecule has 1 rings (SSSR count). The number of aromatic nitrogens is 2. The van der Waals surface area contributed by atoms with Crippen molar-refractivity contribution in [1.29, 1.82) is 0 Å². The number of rotatable bonds is 1. The lowest BCUT2D eigenvalue weighted by atomic mass is 10.7. The lowest BCUT2D eigenvalue weighted by molar-refractivity contribution is 0.273. The first-order valence-corrected chi connectivity index (χ1v) is 3.48. The largest absolute Gasteiger partial charge is 0.388 e. The first-order chi connectivity index (χ1) is 3.83. The maximum Gasteiger partial charge on any atom is 0.179 e. The van der Waals surface area contributed by atoms with Gasteiger partial charge in [0.2, 0.25) is 0 Å². The van der Waals surface area contributed by atoms with Gasteiger partial charge in [-0.05, 0) is 27.5 Å². The van der Waals surface area contributed by atoms with Crippen molar-refractivity contribution < 1.29 is 5.11 Å². The third-order valence-electron chi connectivity index (χ3n) is 0.585. The van der Waals surface area contributed by atoms with Gasteiger partial charge in [0.1, 0.15) is 6.61 Å². The molecule has 0 aliphatic heterocycles. The minimum absolute atomic E-state index is 0.0813. The van der Waals surface area contributed by atoms with Crippen LogP contribution in [0.4, 0.5) is 0 Å². The zero-order valence-corrected chi connectivity index (χ0v) is 6.24. The number of aliphatic hydroxyl groups excluding tert-OH is 1. The molecule has 1 aromatic heterocycles. The van der Waals surface area contributed by atoms with E-state index in [9.17, 15) is 0 Å². The van der Waals surface area contributed by atoms with Crippen LogP contribution in [0.25, 0.3) is 0 Å². The van der Waals surface area contributed by atoms with Crippen LogP contribution in [0.5, 0.6) is 0 Å². The van der Waals surface area contributed by atoms with Crippen LogP contribution in [-0.2, 0) is 6.61 Å². The fourth-order valence-corrected chi connectivity index (χ4v) is 1.14. The van der Waals surface area contributed by atoms with Gasteiger partial charge in [0.15, 0.2) is 9.74 Å². The number of hydrogen-bond donors (Lipinski definition) is 1. The van der Waals surface area contributed by atoms with Crippen molar-refractivity contribution in [1.82, 2.24) is 9.36 Å². The molecule has 0 spiro atoms. The van der Waals surface area contributed by atoms with Crippen LogP contribution >= 0.6 is 27.5 Å². The second-order valence-electron chi connectivity index (χ2n) is 1.12. The fourth-order valence-electron chi connectivity index (χ4n) is 0.297. The molecular weight excluding hydrogens is 192 g/mol. The van der Waals surface area contributed by atoms with Crippen LogP contribution < -0.4 is 0 Å². The summed E-state index contributed by atoms with van der Waals surface area (Å²) in [6, 6.07) is 0. The van der Waals surface area contributed by atoms with Crippen LogP contribution in [0, 0.1) is 0 Å². The molecule has 0 fully saturated rings. The summed E-state index contributed by atoms with van der Waals surface area (Å²) in [6.45, 7) is -0.0813. The molecule has 1 heterocycles. The Balaban J connectivity index is 2.84. The second-order valence-corrected chi connectivity index (χ2v) is 3.15. The van der Waals surface area contributed by atoms with Gasteiger partial charge in [-0.15, -0.1) is 0 Å². The monoisotopic (exact) mass is 194 g/mol. The molecule has 1 aromatic rings. The third kappa shape index (κ3) is 1.24. The first-order valence-electron chi connectivity index (χ1n) is 1.92. The van der Waals surface area contributed by atoms with E-state index in [4.69, 9.17) is 5.11 Å². The van der Waals surface area contributed by atoms with E-state index in [1.807, 2.05) is 0 Å². The Morgan fingerprint density at radius 3 is 2.75 bits per heavy atom. The Morgan fingerprint density at radius 1 is 1.75 bits per heavy atom. The quantitative estimate of drug-likeness (QED) is 0.720. The number of halogens is 1.